The van der Waals surface area contributed by atoms with E-state index in [1.807, 2.05) is 0 Å². The van der Waals surface area contributed by atoms with Gasteiger partial charge >= 0.3 is 5.97 Å². The van der Waals surface area contributed by atoms with Crippen molar-refractivity contribution in [3.05, 3.63) is 64.7 Å². The lowest BCUT2D eigenvalue weighted by atomic mass is 10.1. The Bertz CT molecular complexity index is 1050. The second-order valence-electron chi connectivity index (χ2n) is 6.19. The maximum absolute atomic E-state index is 13.6. The number of ketones is 1. The molecule has 3 rings (SSSR count). The third-order valence-corrected chi connectivity index (χ3v) is 6.22. The number of fused-ring (bicyclic) bond motifs is 1. The molecule has 1 aliphatic heterocycles. The molecule has 0 aliphatic carbocycles. The Labute approximate surface area is 160 Å². The van der Waals surface area contributed by atoms with Gasteiger partial charge in [-0.25, -0.2) is 22.0 Å². The molecule has 6 nitrogen and oxygen atoms in total. The minimum absolute atomic E-state index is 0.0248. The summed E-state index contributed by atoms with van der Waals surface area (Å²) in [6, 6.07) is 6.97. The van der Waals surface area contributed by atoms with Crippen LogP contribution in [0.15, 0.2) is 36.4 Å². The van der Waals surface area contributed by atoms with Crippen LogP contribution in [0.5, 0.6) is 0 Å². The molecule has 2 aromatic rings. The zero-order valence-corrected chi connectivity index (χ0v) is 15.8. The van der Waals surface area contributed by atoms with E-state index in [1.54, 1.807) is 19.1 Å². The standard InChI is InChI=1S/C19H17F2NO5S/c1-2-28(25,26)22-8-7-12-9-13(3-6-17(12)22)18(23)11-27-19(24)15-5-4-14(20)10-16(15)21/h3-6,9-10H,2,7-8,11H2,1H3. The number of nitrogens with zero attached hydrogens (tertiary/aromatic N) is 1. The zero-order chi connectivity index (χ0) is 20.5. The van der Waals surface area contributed by atoms with Crippen LogP contribution in [0.4, 0.5) is 14.5 Å². The molecular weight excluding hydrogens is 392 g/mol. The van der Waals surface area contributed by atoms with Crippen molar-refractivity contribution in [2.45, 2.75) is 13.3 Å². The molecule has 1 aliphatic rings. The summed E-state index contributed by atoms with van der Waals surface area (Å²) in [6.07, 6.45) is 0.469. The van der Waals surface area contributed by atoms with E-state index in [1.165, 1.54) is 10.4 Å². The molecule has 0 N–H and O–H groups in total. The Balaban J connectivity index is 1.70. The summed E-state index contributed by atoms with van der Waals surface area (Å²) >= 11 is 0. The number of sulfonamides is 1. The molecule has 0 radical (unpaired) electrons. The van der Waals surface area contributed by atoms with Crippen molar-refractivity contribution >= 4 is 27.5 Å². The number of benzene rings is 2. The van der Waals surface area contributed by atoms with Gasteiger partial charge in [0.25, 0.3) is 0 Å². The maximum atomic E-state index is 13.6. The summed E-state index contributed by atoms with van der Waals surface area (Å²) in [5, 5.41) is 0. The summed E-state index contributed by atoms with van der Waals surface area (Å²) in [6.45, 7) is 1.25. The van der Waals surface area contributed by atoms with Gasteiger partial charge in [-0.2, -0.15) is 0 Å². The van der Waals surface area contributed by atoms with E-state index in [2.05, 4.69) is 0 Å². The van der Waals surface area contributed by atoms with Crippen molar-refractivity contribution in [2.75, 3.05) is 23.2 Å². The highest BCUT2D eigenvalue weighted by Gasteiger charge is 2.28. The monoisotopic (exact) mass is 409 g/mol. The predicted octanol–water partition coefficient (Wildman–Crippen LogP) is 2.72. The van der Waals surface area contributed by atoms with Crippen LogP contribution in [-0.2, 0) is 21.2 Å². The fourth-order valence-corrected chi connectivity index (χ4v) is 4.10. The fourth-order valence-electron chi connectivity index (χ4n) is 2.94. The Morgan fingerprint density at radius 1 is 1.14 bits per heavy atom. The molecule has 0 fully saturated rings. The van der Waals surface area contributed by atoms with Gasteiger partial charge in [0, 0.05) is 18.2 Å². The normalized spacial score (nSPS) is 13.3. The van der Waals surface area contributed by atoms with Crippen molar-refractivity contribution in [1.29, 1.82) is 0 Å². The van der Waals surface area contributed by atoms with Crippen molar-refractivity contribution in [3.63, 3.8) is 0 Å². The van der Waals surface area contributed by atoms with Crippen molar-refractivity contribution in [2.24, 2.45) is 0 Å². The Morgan fingerprint density at radius 2 is 1.89 bits per heavy atom. The van der Waals surface area contributed by atoms with E-state index in [4.69, 9.17) is 4.74 Å². The van der Waals surface area contributed by atoms with Crippen molar-refractivity contribution in [3.8, 4) is 0 Å². The largest absolute Gasteiger partial charge is 0.454 e. The topological polar surface area (TPSA) is 80.8 Å². The molecule has 0 saturated carbocycles. The molecule has 0 spiro atoms. The second kappa shape index (κ2) is 7.67. The highest BCUT2D eigenvalue weighted by Crippen LogP contribution is 2.31. The molecule has 2 aromatic carbocycles. The molecular formula is C19H17F2NO5S. The van der Waals surface area contributed by atoms with E-state index in [-0.39, 0.29) is 11.3 Å². The number of esters is 1. The SMILES string of the molecule is CCS(=O)(=O)N1CCc2cc(C(=O)COC(=O)c3ccc(F)cc3F)ccc21. The lowest BCUT2D eigenvalue weighted by Gasteiger charge is -2.18. The summed E-state index contributed by atoms with van der Waals surface area (Å²) in [5.74, 6) is -3.53. The van der Waals surface area contributed by atoms with Gasteiger partial charge in [-0.1, -0.05) is 0 Å². The number of ether oxygens (including phenoxy) is 1. The first-order valence-electron chi connectivity index (χ1n) is 8.51. The zero-order valence-electron chi connectivity index (χ0n) is 14.9. The number of carbonyl (C=O) groups is 2. The highest BCUT2D eigenvalue weighted by molar-refractivity contribution is 7.92. The van der Waals surface area contributed by atoms with Crippen molar-refractivity contribution in [1.82, 2.24) is 0 Å². The van der Waals surface area contributed by atoms with Gasteiger partial charge in [0.2, 0.25) is 10.0 Å². The van der Waals surface area contributed by atoms with Gasteiger partial charge in [0.15, 0.2) is 12.4 Å². The molecule has 0 amide bonds. The van der Waals surface area contributed by atoms with Gasteiger partial charge in [-0.05, 0) is 49.2 Å². The molecule has 1 heterocycles. The lowest BCUT2D eigenvalue weighted by Crippen LogP contribution is -2.30. The average molecular weight is 409 g/mol. The van der Waals surface area contributed by atoms with Gasteiger partial charge in [0.05, 0.1) is 17.0 Å². The lowest BCUT2D eigenvalue weighted by molar-refractivity contribution is 0.0470. The van der Waals surface area contributed by atoms with E-state index >= 15 is 0 Å². The van der Waals surface area contributed by atoms with Crippen LogP contribution in [0, 0.1) is 11.6 Å². The number of hydrogen-bond donors (Lipinski definition) is 0. The fraction of sp³-hybridized carbons (Fsp3) is 0.263. The Kier molecular flexibility index (Phi) is 5.46. The van der Waals surface area contributed by atoms with Crippen LogP contribution in [0.3, 0.4) is 0 Å². The van der Waals surface area contributed by atoms with Crippen LogP contribution in [0.25, 0.3) is 0 Å². The quantitative estimate of drug-likeness (QED) is 0.541. The van der Waals surface area contributed by atoms with E-state index in [0.717, 1.165) is 12.1 Å². The Hall–Kier alpha value is -2.81. The summed E-state index contributed by atoms with van der Waals surface area (Å²) < 4.78 is 56.8. The number of hydrogen-bond acceptors (Lipinski definition) is 5. The first-order valence-corrected chi connectivity index (χ1v) is 10.1. The van der Waals surface area contributed by atoms with Gasteiger partial charge in [-0.15, -0.1) is 0 Å². The van der Waals surface area contributed by atoms with Gasteiger partial charge < -0.3 is 4.74 Å². The molecule has 148 valence electrons. The predicted molar refractivity (Wildman–Crippen MR) is 97.9 cm³/mol. The summed E-state index contributed by atoms with van der Waals surface area (Å²) in [5.41, 5.74) is 1.02. The smallest absolute Gasteiger partial charge is 0.341 e. The first kappa shape index (κ1) is 19.9. The number of anilines is 1. The van der Waals surface area contributed by atoms with E-state index < -0.39 is 45.6 Å². The average Bonchev–Trinajstić information content (AvgIpc) is 3.09. The van der Waals surface area contributed by atoms with Crippen LogP contribution >= 0.6 is 0 Å². The minimum atomic E-state index is -3.39. The molecule has 28 heavy (non-hydrogen) atoms. The van der Waals surface area contributed by atoms with Crippen LogP contribution in [-0.4, -0.2) is 39.1 Å². The number of Topliss-reactive ketones (excluding diaryl/α,β-unsaturated/α-hetero) is 1. The van der Waals surface area contributed by atoms with Crippen LogP contribution in [0.2, 0.25) is 0 Å². The molecule has 9 heteroatoms. The third-order valence-electron chi connectivity index (χ3n) is 4.44. The van der Waals surface area contributed by atoms with Crippen LogP contribution < -0.4 is 4.31 Å². The first-order chi connectivity index (χ1) is 13.2. The minimum Gasteiger partial charge on any atom is -0.454 e. The molecule has 0 saturated heterocycles. The summed E-state index contributed by atoms with van der Waals surface area (Å²) in [7, 11) is -3.39. The molecule has 0 atom stereocenters. The highest BCUT2D eigenvalue weighted by atomic mass is 32.2. The van der Waals surface area contributed by atoms with E-state index in [9.17, 15) is 26.8 Å². The van der Waals surface area contributed by atoms with Crippen LogP contribution in [0.1, 0.15) is 33.2 Å². The molecule has 0 unspecified atom stereocenters. The maximum Gasteiger partial charge on any atom is 0.341 e. The molecule has 0 aromatic heterocycles. The third kappa shape index (κ3) is 3.89. The van der Waals surface area contributed by atoms with E-state index in [0.29, 0.717) is 30.3 Å². The number of halogens is 2. The number of carbonyl (C=O) groups excluding carboxylic acids is 2. The number of rotatable bonds is 6. The summed E-state index contributed by atoms with van der Waals surface area (Å²) in [4.78, 5) is 24.2. The molecule has 0 bridgehead atoms. The second-order valence-corrected chi connectivity index (χ2v) is 8.37. The Morgan fingerprint density at radius 3 is 2.57 bits per heavy atom. The van der Waals surface area contributed by atoms with Crippen molar-refractivity contribution < 1.29 is 31.5 Å². The van der Waals surface area contributed by atoms with Gasteiger partial charge in [-0.3, -0.25) is 9.10 Å². The van der Waals surface area contributed by atoms with Gasteiger partial charge in [0.1, 0.15) is 11.6 Å².